The van der Waals surface area contributed by atoms with Crippen LogP contribution in [0.3, 0.4) is 0 Å². The first-order valence-electron chi connectivity index (χ1n) is 4.75. The number of benzene rings is 1. The summed E-state index contributed by atoms with van der Waals surface area (Å²) in [6, 6.07) is 6.19. The van der Waals surface area contributed by atoms with Crippen molar-refractivity contribution in [2.24, 2.45) is 0 Å². The lowest BCUT2D eigenvalue weighted by Gasteiger charge is -2.10. The summed E-state index contributed by atoms with van der Waals surface area (Å²) in [4.78, 5) is 0. The van der Waals surface area contributed by atoms with Gasteiger partial charge in [-0.25, -0.2) is 0 Å². The van der Waals surface area contributed by atoms with Crippen LogP contribution in [0.15, 0.2) is 27.1 Å². The molecule has 2 aromatic rings. The van der Waals surface area contributed by atoms with E-state index in [4.69, 9.17) is 4.42 Å². The predicted molar refractivity (Wildman–Crippen MR) is 59.3 cm³/mol. The van der Waals surface area contributed by atoms with Crippen LogP contribution in [-0.2, 0) is 13.0 Å². The Morgan fingerprint density at radius 2 is 2.29 bits per heavy atom. The van der Waals surface area contributed by atoms with E-state index in [0.29, 0.717) is 0 Å². The van der Waals surface area contributed by atoms with E-state index < -0.39 is 0 Å². The molecule has 1 N–H and O–H groups in total. The zero-order valence-corrected chi connectivity index (χ0v) is 9.23. The van der Waals surface area contributed by atoms with Crippen LogP contribution >= 0.6 is 15.9 Å². The molecule has 1 aliphatic heterocycles. The van der Waals surface area contributed by atoms with Gasteiger partial charge in [0.2, 0.25) is 0 Å². The van der Waals surface area contributed by atoms with Gasteiger partial charge in [-0.05, 0) is 31.2 Å². The molecule has 0 atom stereocenters. The third-order valence-electron chi connectivity index (χ3n) is 2.67. The van der Waals surface area contributed by atoms with Crippen molar-refractivity contribution < 1.29 is 4.42 Å². The molecule has 72 valence electrons. The summed E-state index contributed by atoms with van der Waals surface area (Å²) in [5, 5.41) is 4.57. The molecule has 0 spiro atoms. The quantitative estimate of drug-likeness (QED) is 0.779. The Bertz CT molecular complexity index is 489. The Morgan fingerprint density at radius 3 is 3.21 bits per heavy atom. The number of rotatable bonds is 0. The minimum Gasteiger partial charge on any atom is -0.459 e. The zero-order chi connectivity index (χ0) is 9.54. The van der Waals surface area contributed by atoms with Gasteiger partial charge in [0.25, 0.3) is 0 Å². The first kappa shape index (κ1) is 8.50. The molecule has 0 unspecified atom stereocenters. The lowest BCUT2D eigenvalue weighted by molar-refractivity contribution is 0.488. The molecular formula is C11H10BrNO. The van der Waals surface area contributed by atoms with Gasteiger partial charge in [0, 0.05) is 15.4 Å². The van der Waals surface area contributed by atoms with Crippen molar-refractivity contribution in [3.05, 3.63) is 34.0 Å². The molecule has 0 fully saturated rings. The number of nitrogens with one attached hydrogen (secondary N) is 1. The van der Waals surface area contributed by atoms with Crippen LogP contribution in [0.5, 0.6) is 0 Å². The normalized spacial score (nSPS) is 15.8. The lowest BCUT2D eigenvalue weighted by atomic mass is 10.1. The molecule has 0 amide bonds. The highest BCUT2D eigenvalue weighted by Gasteiger charge is 2.16. The molecule has 2 heterocycles. The summed E-state index contributed by atoms with van der Waals surface area (Å²) in [7, 11) is 0. The minimum atomic E-state index is 0.863. The minimum absolute atomic E-state index is 0.863. The topological polar surface area (TPSA) is 25.2 Å². The molecule has 1 aromatic heterocycles. The van der Waals surface area contributed by atoms with Gasteiger partial charge in [0.05, 0.1) is 6.54 Å². The van der Waals surface area contributed by atoms with E-state index in [0.717, 1.165) is 35.3 Å². The summed E-state index contributed by atoms with van der Waals surface area (Å²) in [6.45, 7) is 1.91. The maximum atomic E-state index is 5.76. The van der Waals surface area contributed by atoms with Crippen molar-refractivity contribution in [2.75, 3.05) is 6.54 Å². The van der Waals surface area contributed by atoms with Crippen LogP contribution in [0.25, 0.3) is 11.0 Å². The van der Waals surface area contributed by atoms with E-state index in [1.54, 1.807) is 0 Å². The molecule has 1 aliphatic rings. The van der Waals surface area contributed by atoms with Crippen molar-refractivity contribution in [3.8, 4) is 0 Å². The lowest BCUT2D eigenvalue weighted by Crippen LogP contribution is -2.22. The molecule has 3 rings (SSSR count). The largest absolute Gasteiger partial charge is 0.459 e. The smallest absolute Gasteiger partial charge is 0.134 e. The van der Waals surface area contributed by atoms with Crippen molar-refractivity contribution >= 4 is 26.9 Å². The molecule has 0 aliphatic carbocycles. The molecule has 0 bridgehead atoms. The van der Waals surface area contributed by atoms with Gasteiger partial charge in [-0.15, -0.1) is 0 Å². The molecule has 0 saturated heterocycles. The van der Waals surface area contributed by atoms with Gasteiger partial charge < -0.3 is 9.73 Å². The summed E-state index contributed by atoms with van der Waals surface area (Å²) < 4.78 is 6.88. The second-order valence-corrected chi connectivity index (χ2v) is 4.49. The first-order chi connectivity index (χ1) is 6.84. The third kappa shape index (κ3) is 1.20. The molecule has 3 heteroatoms. The molecular weight excluding hydrogens is 242 g/mol. The number of hydrogen-bond donors (Lipinski definition) is 1. The number of furan rings is 1. The average molecular weight is 252 g/mol. The number of halogens is 1. The summed E-state index contributed by atoms with van der Waals surface area (Å²) in [5.74, 6) is 1.10. The van der Waals surface area contributed by atoms with Crippen molar-refractivity contribution in [2.45, 2.75) is 13.0 Å². The highest BCUT2D eigenvalue weighted by atomic mass is 79.9. The Morgan fingerprint density at radius 1 is 1.36 bits per heavy atom. The fourth-order valence-corrected chi connectivity index (χ4v) is 2.36. The van der Waals surface area contributed by atoms with E-state index in [9.17, 15) is 0 Å². The molecule has 0 saturated carbocycles. The van der Waals surface area contributed by atoms with E-state index >= 15 is 0 Å². The second kappa shape index (κ2) is 3.11. The van der Waals surface area contributed by atoms with E-state index in [-0.39, 0.29) is 0 Å². The average Bonchev–Trinajstić information content (AvgIpc) is 2.56. The van der Waals surface area contributed by atoms with Gasteiger partial charge in [0.15, 0.2) is 0 Å². The fraction of sp³-hybridized carbons (Fsp3) is 0.273. The summed E-state index contributed by atoms with van der Waals surface area (Å²) in [5.41, 5.74) is 2.38. The Kier molecular flexibility index (Phi) is 1.89. The van der Waals surface area contributed by atoms with Crippen LogP contribution in [0, 0.1) is 0 Å². The molecule has 14 heavy (non-hydrogen) atoms. The Labute approximate surface area is 90.4 Å². The van der Waals surface area contributed by atoms with Gasteiger partial charge in [-0.1, -0.05) is 15.9 Å². The highest BCUT2D eigenvalue weighted by molar-refractivity contribution is 9.10. The third-order valence-corrected chi connectivity index (χ3v) is 3.17. The second-order valence-electron chi connectivity index (χ2n) is 3.57. The maximum absolute atomic E-state index is 5.76. The molecule has 0 radical (unpaired) electrons. The van der Waals surface area contributed by atoms with Gasteiger partial charge in [-0.3, -0.25) is 0 Å². The first-order valence-corrected chi connectivity index (χ1v) is 5.54. The van der Waals surface area contributed by atoms with E-state index in [1.807, 2.05) is 12.1 Å². The van der Waals surface area contributed by atoms with Crippen molar-refractivity contribution in [1.82, 2.24) is 5.32 Å². The standard InChI is InChI=1S/C11H10BrNO/c12-7-1-2-10-9(5-7)8-3-4-13-6-11(8)14-10/h1-2,5,13H,3-4,6H2. The van der Waals surface area contributed by atoms with Crippen LogP contribution in [0.1, 0.15) is 11.3 Å². The fourth-order valence-electron chi connectivity index (χ4n) is 2.00. The number of fused-ring (bicyclic) bond motifs is 3. The predicted octanol–water partition coefficient (Wildman–Crippen LogP) is 2.84. The van der Waals surface area contributed by atoms with E-state index in [1.165, 1.54) is 10.9 Å². The zero-order valence-electron chi connectivity index (χ0n) is 7.64. The SMILES string of the molecule is Brc1ccc2oc3c(c2c1)CCNC3. The number of hydrogen-bond acceptors (Lipinski definition) is 2. The van der Waals surface area contributed by atoms with Crippen LogP contribution in [0.2, 0.25) is 0 Å². The van der Waals surface area contributed by atoms with E-state index in [2.05, 4.69) is 27.3 Å². The van der Waals surface area contributed by atoms with Gasteiger partial charge in [-0.2, -0.15) is 0 Å². The van der Waals surface area contributed by atoms with Crippen molar-refractivity contribution in [3.63, 3.8) is 0 Å². The monoisotopic (exact) mass is 251 g/mol. The summed E-state index contributed by atoms with van der Waals surface area (Å²) in [6.07, 6.45) is 1.07. The van der Waals surface area contributed by atoms with Gasteiger partial charge in [0.1, 0.15) is 11.3 Å². The van der Waals surface area contributed by atoms with Crippen molar-refractivity contribution in [1.29, 1.82) is 0 Å². The summed E-state index contributed by atoms with van der Waals surface area (Å²) >= 11 is 3.49. The van der Waals surface area contributed by atoms with Crippen LogP contribution in [0.4, 0.5) is 0 Å². The molecule has 1 aromatic carbocycles. The Balaban J connectivity index is 2.32. The maximum Gasteiger partial charge on any atom is 0.134 e. The Hall–Kier alpha value is -0.800. The van der Waals surface area contributed by atoms with Gasteiger partial charge >= 0.3 is 0 Å². The van der Waals surface area contributed by atoms with Crippen LogP contribution in [-0.4, -0.2) is 6.54 Å². The van der Waals surface area contributed by atoms with Crippen LogP contribution < -0.4 is 5.32 Å². The molecule has 2 nitrogen and oxygen atoms in total. The highest BCUT2D eigenvalue weighted by Crippen LogP contribution is 2.30.